The number of hydrogen-bond acceptors (Lipinski definition) is 4. The van der Waals surface area contributed by atoms with Crippen molar-refractivity contribution >= 4 is 34.7 Å². The van der Waals surface area contributed by atoms with Gasteiger partial charge in [0.15, 0.2) is 0 Å². The van der Waals surface area contributed by atoms with E-state index in [2.05, 4.69) is 76.2 Å². The van der Waals surface area contributed by atoms with E-state index in [1.807, 2.05) is 23.9 Å². The Morgan fingerprint density at radius 1 is 0.781 bits per heavy atom. The van der Waals surface area contributed by atoms with Gasteiger partial charge in [-0.15, -0.1) is 0 Å². The molecular formula is C27H30ClN3S. The number of fused-ring (bicyclic) bond motifs is 2. The Labute approximate surface area is 201 Å². The van der Waals surface area contributed by atoms with E-state index in [-0.39, 0.29) is 0 Å². The van der Waals surface area contributed by atoms with Crippen LogP contribution in [0.25, 0.3) is 0 Å². The van der Waals surface area contributed by atoms with Crippen molar-refractivity contribution in [2.75, 3.05) is 44.2 Å². The van der Waals surface area contributed by atoms with Crippen molar-refractivity contribution in [1.82, 2.24) is 9.80 Å². The van der Waals surface area contributed by atoms with Gasteiger partial charge in [-0.3, -0.25) is 4.90 Å². The minimum Gasteiger partial charge on any atom is -0.340 e. The summed E-state index contributed by atoms with van der Waals surface area (Å²) < 4.78 is 0. The zero-order valence-corrected chi connectivity index (χ0v) is 20.2. The summed E-state index contributed by atoms with van der Waals surface area (Å²) in [5, 5.41) is 0.829. The van der Waals surface area contributed by atoms with Crippen LogP contribution in [0.2, 0.25) is 5.02 Å². The molecule has 1 saturated heterocycles. The van der Waals surface area contributed by atoms with Crippen molar-refractivity contribution in [3.05, 3.63) is 82.9 Å². The lowest BCUT2D eigenvalue weighted by atomic mass is 10.1. The SMILES string of the molecule is Cc1ccc2c(c1)N(CCCN1CCN(Cc3cccc(Cl)c3)CC1)c1ccccc1S2. The number of hydrogen-bond donors (Lipinski definition) is 0. The standard InChI is InChI=1S/C27H30ClN3S/c1-21-10-11-27-25(18-21)31(24-8-2-3-9-26(24)32-27)13-5-12-29-14-16-30(17-15-29)20-22-6-4-7-23(28)19-22/h2-4,6-11,18-19H,5,12-17,20H2,1H3. The van der Waals surface area contributed by atoms with Gasteiger partial charge in [-0.25, -0.2) is 0 Å². The fourth-order valence-electron chi connectivity index (χ4n) is 4.70. The summed E-state index contributed by atoms with van der Waals surface area (Å²) in [5.41, 5.74) is 5.34. The van der Waals surface area contributed by atoms with E-state index in [1.54, 1.807) is 0 Å². The summed E-state index contributed by atoms with van der Waals surface area (Å²) in [6, 6.07) is 23.9. The molecule has 5 heteroatoms. The molecule has 3 aromatic carbocycles. The average molecular weight is 464 g/mol. The number of rotatable bonds is 6. The molecule has 2 heterocycles. The molecule has 0 aliphatic carbocycles. The number of nitrogens with zero attached hydrogens (tertiary/aromatic N) is 3. The summed E-state index contributed by atoms with van der Waals surface area (Å²) in [5.74, 6) is 0. The Hall–Kier alpha value is -1.98. The van der Waals surface area contributed by atoms with Crippen molar-refractivity contribution in [1.29, 1.82) is 0 Å². The minimum atomic E-state index is 0.829. The predicted octanol–water partition coefficient (Wildman–Crippen LogP) is 6.46. The molecule has 3 nitrogen and oxygen atoms in total. The highest BCUT2D eigenvalue weighted by atomic mass is 35.5. The number of anilines is 2. The smallest absolute Gasteiger partial charge is 0.0555 e. The van der Waals surface area contributed by atoms with Crippen LogP contribution >= 0.6 is 23.4 Å². The van der Waals surface area contributed by atoms with E-state index in [1.165, 1.54) is 38.7 Å². The topological polar surface area (TPSA) is 9.72 Å². The van der Waals surface area contributed by atoms with Crippen LogP contribution < -0.4 is 4.90 Å². The first kappa shape index (κ1) is 21.8. The average Bonchev–Trinajstić information content (AvgIpc) is 2.80. The molecule has 0 radical (unpaired) electrons. The Morgan fingerprint density at radius 3 is 2.41 bits per heavy atom. The fourth-order valence-corrected chi connectivity index (χ4v) is 5.99. The molecule has 2 aliphatic heterocycles. The summed E-state index contributed by atoms with van der Waals surface area (Å²) >= 11 is 8.04. The second-order valence-corrected chi connectivity index (χ2v) is 10.3. The second-order valence-electron chi connectivity index (χ2n) is 8.79. The van der Waals surface area contributed by atoms with Gasteiger partial charge in [0.25, 0.3) is 0 Å². The van der Waals surface area contributed by atoms with Gasteiger partial charge in [-0.1, -0.05) is 53.7 Å². The van der Waals surface area contributed by atoms with Crippen LogP contribution in [-0.4, -0.2) is 49.1 Å². The quantitative estimate of drug-likeness (QED) is 0.414. The Bertz CT molecular complexity index is 1080. The maximum Gasteiger partial charge on any atom is 0.0555 e. The molecule has 0 spiro atoms. The highest BCUT2D eigenvalue weighted by Crippen LogP contribution is 2.48. The van der Waals surface area contributed by atoms with Crippen LogP contribution in [0, 0.1) is 6.92 Å². The van der Waals surface area contributed by atoms with Gasteiger partial charge in [-0.05, 0) is 67.4 Å². The molecule has 32 heavy (non-hydrogen) atoms. The van der Waals surface area contributed by atoms with Crippen molar-refractivity contribution < 1.29 is 0 Å². The lowest BCUT2D eigenvalue weighted by Gasteiger charge is -2.36. The van der Waals surface area contributed by atoms with E-state index in [0.29, 0.717) is 0 Å². The molecule has 0 saturated carbocycles. The van der Waals surface area contributed by atoms with Crippen molar-refractivity contribution in [3.8, 4) is 0 Å². The van der Waals surface area contributed by atoms with Crippen molar-refractivity contribution in [2.24, 2.45) is 0 Å². The van der Waals surface area contributed by atoms with Gasteiger partial charge in [0.2, 0.25) is 0 Å². The lowest BCUT2D eigenvalue weighted by Crippen LogP contribution is -2.46. The van der Waals surface area contributed by atoms with Gasteiger partial charge >= 0.3 is 0 Å². The highest BCUT2D eigenvalue weighted by Gasteiger charge is 2.23. The van der Waals surface area contributed by atoms with Crippen molar-refractivity contribution in [3.63, 3.8) is 0 Å². The van der Waals surface area contributed by atoms with Crippen LogP contribution in [0.3, 0.4) is 0 Å². The molecule has 166 valence electrons. The van der Waals surface area contributed by atoms with Crippen LogP contribution in [0.1, 0.15) is 17.5 Å². The van der Waals surface area contributed by atoms with Crippen LogP contribution in [-0.2, 0) is 6.54 Å². The summed E-state index contributed by atoms with van der Waals surface area (Å²) in [6.45, 7) is 9.91. The van der Waals surface area contributed by atoms with Gasteiger partial charge in [0.1, 0.15) is 0 Å². The van der Waals surface area contributed by atoms with E-state index in [9.17, 15) is 0 Å². The predicted molar refractivity (Wildman–Crippen MR) is 137 cm³/mol. The first-order chi connectivity index (χ1) is 15.7. The summed E-state index contributed by atoms with van der Waals surface area (Å²) in [4.78, 5) is 10.4. The largest absolute Gasteiger partial charge is 0.340 e. The number of piperazine rings is 1. The Kier molecular flexibility index (Phi) is 6.74. The summed E-state index contributed by atoms with van der Waals surface area (Å²) in [6.07, 6.45) is 1.17. The van der Waals surface area contributed by atoms with Crippen LogP contribution in [0.5, 0.6) is 0 Å². The molecule has 2 aliphatic rings. The fraction of sp³-hybridized carbons (Fsp3) is 0.333. The third-order valence-electron chi connectivity index (χ3n) is 6.40. The second kappa shape index (κ2) is 9.88. The third-order valence-corrected chi connectivity index (χ3v) is 7.76. The molecule has 1 fully saturated rings. The summed E-state index contributed by atoms with van der Waals surface area (Å²) in [7, 11) is 0. The third kappa shape index (κ3) is 4.99. The zero-order valence-electron chi connectivity index (χ0n) is 18.6. The first-order valence-corrected chi connectivity index (χ1v) is 12.7. The molecule has 3 aromatic rings. The molecule has 5 rings (SSSR count). The molecule has 0 N–H and O–H groups in total. The van der Waals surface area contributed by atoms with Gasteiger partial charge in [0, 0.05) is 54.1 Å². The van der Waals surface area contributed by atoms with E-state index < -0.39 is 0 Å². The Balaban J connectivity index is 1.17. The number of aryl methyl sites for hydroxylation is 1. The highest BCUT2D eigenvalue weighted by molar-refractivity contribution is 7.99. The molecule has 0 aromatic heterocycles. The van der Waals surface area contributed by atoms with Gasteiger partial charge in [0.05, 0.1) is 11.4 Å². The molecule has 0 atom stereocenters. The monoisotopic (exact) mass is 463 g/mol. The maximum atomic E-state index is 6.15. The number of para-hydroxylation sites is 1. The van der Waals surface area contributed by atoms with Gasteiger partial charge in [-0.2, -0.15) is 0 Å². The number of halogens is 1. The minimum absolute atomic E-state index is 0.829. The normalized spacial score (nSPS) is 16.6. The molecule has 0 bridgehead atoms. The van der Waals surface area contributed by atoms with E-state index in [0.717, 1.165) is 50.8 Å². The maximum absolute atomic E-state index is 6.15. The van der Waals surface area contributed by atoms with Crippen LogP contribution in [0.4, 0.5) is 11.4 Å². The number of benzene rings is 3. The van der Waals surface area contributed by atoms with Crippen LogP contribution in [0.15, 0.2) is 76.5 Å². The van der Waals surface area contributed by atoms with Gasteiger partial charge < -0.3 is 9.80 Å². The molecule has 0 unspecified atom stereocenters. The first-order valence-electron chi connectivity index (χ1n) is 11.5. The van der Waals surface area contributed by atoms with E-state index in [4.69, 9.17) is 11.6 Å². The Morgan fingerprint density at radius 2 is 1.56 bits per heavy atom. The zero-order chi connectivity index (χ0) is 21.9. The molecular weight excluding hydrogens is 434 g/mol. The van der Waals surface area contributed by atoms with E-state index >= 15 is 0 Å². The molecule has 0 amide bonds. The lowest BCUT2D eigenvalue weighted by molar-refractivity contribution is 0.126. The van der Waals surface area contributed by atoms with Crippen molar-refractivity contribution in [2.45, 2.75) is 29.7 Å².